The van der Waals surface area contributed by atoms with E-state index in [0.29, 0.717) is 13.1 Å². The molecule has 2 aliphatic rings. The quantitative estimate of drug-likeness (QED) is 0.847. The van der Waals surface area contributed by atoms with Crippen molar-refractivity contribution in [3.63, 3.8) is 0 Å². The van der Waals surface area contributed by atoms with Crippen molar-refractivity contribution in [2.24, 2.45) is 17.8 Å². The Morgan fingerprint density at radius 3 is 2.16 bits per heavy atom. The van der Waals surface area contributed by atoms with Crippen LogP contribution in [0.25, 0.3) is 0 Å². The zero-order valence-corrected chi connectivity index (χ0v) is 10.3. The number of aliphatic carboxylic acids is 2. The Morgan fingerprint density at radius 2 is 1.68 bits per heavy atom. The highest BCUT2D eigenvalue weighted by Crippen LogP contribution is 2.53. The third kappa shape index (κ3) is 2.00. The highest BCUT2D eigenvalue weighted by Gasteiger charge is 2.61. The molecule has 1 aromatic rings. The Labute approximate surface area is 110 Å². The van der Waals surface area contributed by atoms with E-state index in [1.807, 2.05) is 23.1 Å². The topological polar surface area (TPSA) is 77.8 Å². The summed E-state index contributed by atoms with van der Waals surface area (Å²) in [6.45, 7) is 1.13. The number of hydrogen-bond acceptors (Lipinski definition) is 3. The summed E-state index contributed by atoms with van der Waals surface area (Å²) in [5.41, 5.74) is 0.753. The van der Waals surface area contributed by atoms with Gasteiger partial charge in [0.2, 0.25) is 0 Å². The number of nitrogens with zero attached hydrogens (tertiary/aromatic N) is 1. The van der Waals surface area contributed by atoms with Gasteiger partial charge in [-0.1, -0.05) is 30.3 Å². The molecular weight excluding hydrogens is 246 g/mol. The van der Waals surface area contributed by atoms with Gasteiger partial charge in [-0.25, -0.2) is 0 Å². The van der Waals surface area contributed by atoms with Crippen molar-refractivity contribution in [1.29, 1.82) is 0 Å². The largest absolute Gasteiger partial charge is 0.481 e. The van der Waals surface area contributed by atoms with Gasteiger partial charge in [0.15, 0.2) is 0 Å². The predicted molar refractivity (Wildman–Crippen MR) is 66.5 cm³/mol. The van der Waals surface area contributed by atoms with Crippen molar-refractivity contribution >= 4 is 11.9 Å². The van der Waals surface area contributed by atoms with Crippen molar-refractivity contribution < 1.29 is 19.8 Å². The molecule has 1 aromatic carbocycles. The Kier molecular flexibility index (Phi) is 2.78. The van der Waals surface area contributed by atoms with Crippen LogP contribution in [0.1, 0.15) is 11.6 Å². The van der Waals surface area contributed by atoms with Crippen LogP contribution in [-0.2, 0) is 9.59 Å². The Balaban J connectivity index is 1.75. The fraction of sp³-hybridized carbons (Fsp3) is 0.429. The summed E-state index contributed by atoms with van der Waals surface area (Å²) in [7, 11) is 0. The van der Waals surface area contributed by atoms with Crippen molar-refractivity contribution in [2.45, 2.75) is 6.04 Å². The first-order valence-electron chi connectivity index (χ1n) is 6.34. The van der Waals surface area contributed by atoms with E-state index in [0.717, 1.165) is 5.56 Å². The minimum Gasteiger partial charge on any atom is -0.481 e. The molecule has 1 heterocycles. The maximum Gasteiger partial charge on any atom is 0.325 e. The Hall–Kier alpha value is -1.88. The molecule has 1 saturated heterocycles. The van der Waals surface area contributed by atoms with E-state index in [1.54, 1.807) is 12.1 Å². The molecule has 5 nitrogen and oxygen atoms in total. The molecule has 19 heavy (non-hydrogen) atoms. The van der Waals surface area contributed by atoms with Crippen molar-refractivity contribution in [1.82, 2.24) is 4.90 Å². The monoisotopic (exact) mass is 261 g/mol. The number of rotatable bonds is 4. The molecule has 1 unspecified atom stereocenters. The molecule has 1 aliphatic heterocycles. The van der Waals surface area contributed by atoms with Crippen LogP contribution in [-0.4, -0.2) is 40.1 Å². The van der Waals surface area contributed by atoms with Gasteiger partial charge in [-0.15, -0.1) is 0 Å². The molecule has 0 spiro atoms. The fourth-order valence-corrected chi connectivity index (χ4v) is 3.28. The Morgan fingerprint density at radius 1 is 1.11 bits per heavy atom. The van der Waals surface area contributed by atoms with Gasteiger partial charge < -0.3 is 10.2 Å². The van der Waals surface area contributed by atoms with Gasteiger partial charge in [0.1, 0.15) is 6.04 Å². The number of fused-ring (bicyclic) bond motifs is 1. The summed E-state index contributed by atoms with van der Waals surface area (Å²) in [6, 6.07) is 8.44. The van der Waals surface area contributed by atoms with Crippen LogP contribution in [0.15, 0.2) is 30.3 Å². The number of likely N-dealkylation sites (tertiary alicyclic amines) is 1. The molecule has 2 N–H and O–H groups in total. The zero-order chi connectivity index (χ0) is 13.6. The first-order valence-corrected chi connectivity index (χ1v) is 6.34. The van der Waals surface area contributed by atoms with Crippen molar-refractivity contribution in [3.05, 3.63) is 35.9 Å². The molecule has 2 fully saturated rings. The summed E-state index contributed by atoms with van der Waals surface area (Å²) in [4.78, 5) is 24.3. The van der Waals surface area contributed by atoms with Gasteiger partial charge in [0.05, 0.1) is 5.92 Å². The average molecular weight is 261 g/mol. The molecule has 0 radical (unpaired) electrons. The smallest absolute Gasteiger partial charge is 0.325 e. The normalized spacial score (nSPS) is 30.6. The molecule has 1 aliphatic carbocycles. The Bertz CT molecular complexity index is 503. The second-order valence-corrected chi connectivity index (χ2v) is 5.30. The highest BCUT2D eigenvalue weighted by molar-refractivity contribution is 5.77. The SMILES string of the molecule is O=C(O)C1[C@H]2CN([C@@H](C(=O)O)c3ccccc3)C[C@@H]12. The molecule has 100 valence electrons. The molecular formula is C14H15NO4. The third-order valence-corrected chi connectivity index (χ3v) is 4.22. The molecule has 3 rings (SSSR count). The number of benzene rings is 1. The van der Waals surface area contributed by atoms with E-state index < -0.39 is 18.0 Å². The van der Waals surface area contributed by atoms with Crippen LogP contribution < -0.4 is 0 Å². The van der Waals surface area contributed by atoms with Crippen LogP contribution in [0.4, 0.5) is 0 Å². The number of piperidine rings is 1. The summed E-state index contributed by atoms with van der Waals surface area (Å²) in [6.07, 6.45) is 0. The first-order chi connectivity index (χ1) is 9.09. The zero-order valence-electron chi connectivity index (χ0n) is 10.3. The number of carboxylic acids is 2. The molecule has 5 heteroatoms. The van der Waals surface area contributed by atoms with Crippen LogP contribution >= 0.6 is 0 Å². The second kappa shape index (κ2) is 4.35. The van der Waals surface area contributed by atoms with E-state index in [4.69, 9.17) is 5.11 Å². The minimum absolute atomic E-state index is 0.128. The van der Waals surface area contributed by atoms with E-state index >= 15 is 0 Å². The predicted octanol–water partition coefficient (Wildman–Crippen LogP) is 1.07. The van der Waals surface area contributed by atoms with E-state index in [1.165, 1.54) is 0 Å². The maximum atomic E-state index is 11.5. The lowest BCUT2D eigenvalue weighted by Gasteiger charge is -2.26. The van der Waals surface area contributed by atoms with E-state index in [-0.39, 0.29) is 17.8 Å². The van der Waals surface area contributed by atoms with Crippen molar-refractivity contribution in [3.8, 4) is 0 Å². The highest BCUT2D eigenvalue weighted by atomic mass is 16.4. The lowest BCUT2D eigenvalue weighted by molar-refractivity contribution is -0.143. The standard InChI is InChI=1S/C14H15NO4/c16-13(17)11-9-6-15(7-10(9)11)12(14(18)19)8-4-2-1-3-5-8/h1-5,9-12H,6-7H2,(H,16,17)(H,18,19)/t9-,10+,11?,12-/m1/s1. The molecule has 4 atom stereocenters. The van der Waals surface area contributed by atoms with Gasteiger partial charge in [-0.3, -0.25) is 14.5 Å². The third-order valence-electron chi connectivity index (χ3n) is 4.22. The number of hydrogen-bond donors (Lipinski definition) is 2. The van der Waals surface area contributed by atoms with Gasteiger partial charge in [-0.05, 0) is 17.4 Å². The lowest BCUT2D eigenvalue weighted by atomic mass is 10.1. The molecule has 0 amide bonds. The van der Waals surface area contributed by atoms with Crippen LogP contribution in [0.2, 0.25) is 0 Å². The summed E-state index contributed by atoms with van der Waals surface area (Å²) >= 11 is 0. The molecule has 0 bridgehead atoms. The van der Waals surface area contributed by atoms with Crippen LogP contribution in [0, 0.1) is 17.8 Å². The lowest BCUT2D eigenvalue weighted by Crippen LogP contribution is -2.35. The van der Waals surface area contributed by atoms with Gasteiger partial charge >= 0.3 is 11.9 Å². The molecule has 1 saturated carbocycles. The van der Waals surface area contributed by atoms with Gasteiger partial charge in [0.25, 0.3) is 0 Å². The first kappa shape index (κ1) is 12.2. The van der Waals surface area contributed by atoms with E-state index in [2.05, 4.69) is 0 Å². The molecule has 0 aromatic heterocycles. The van der Waals surface area contributed by atoms with Gasteiger partial charge in [-0.2, -0.15) is 0 Å². The fourth-order valence-electron chi connectivity index (χ4n) is 3.28. The number of carbonyl (C=O) groups is 2. The minimum atomic E-state index is -0.876. The summed E-state index contributed by atoms with van der Waals surface area (Å²) in [5, 5.41) is 18.4. The summed E-state index contributed by atoms with van der Waals surface area (Å²) in [5.74, 6) is -1.63. The van der Waals surface area contributed by atoms with Gasteiger partial charge in [0, 0.05) is 13.1 Å². The number of carboxylic acid groups (broad SMARTS) is 2. The maximum absolute atomic E-state index is 11.5. The average Bonchev–Trinajstić information content (AvgIpc) is 2.88. The summed E-state index contributed by atoms with van der Waals surface area (Å²) < 4.78 is 0. The van der Waals surface area contributed by atoms with Crippen LogP contribution in [0.3, 0.4) is 0 Å². The van der Waals surface area contributed by atoms with Crippen LogP contribution in [0.5, 0.6) is 0 Å². The van der Waals surface area contributed by atoms with E-state index in [9.17, 15) is 14.7 Å². The van der Waals surface area contributed by atoms with Crippen molar-refractivity contribution in [2.75, 3.05) is 13.1 Å². The second-order valence-electron chi connectivity index (χ2n) is 5.30.